The van der Waals surface area contributed by atoms with Crippen LogP contribution in [0.4, 0.5) is 10.6 Å². The van der Waals surface area contributed by atoms with Crippen LogP contribution in [-0.2, 0) is 13.0 Å². The molecule has 2 amide bonds. The first-order valence-electron chi connectivity index (χ1n) is 7.44. The quantitative estimate of drug-likeness (QED) is 0.745. The zero-order chi connectivity index (χ0) is 15.6. The molecular weight excluding hydrogens is 294 g/mol. The molecule has 116 valence electrons. The van der Waals surface area contributed by atoms with Crippen molar-refractivity contribution in [3.63, 3.8) is 0 Å². The lowest BCUT2D eigenvalue weighted by Crippen LogP contribution is -2.43. The molecule has 8 heteroatoms. The fourth-order valence-electron chi connectivity index (χ4n) is 2.74. The number of nitrogens with one attached hydrogen (secondary N) is 2. The molecule has 4 rings (SSSR count). The van der Waals surface area contributed by atoms with Crippen LogP contribution in [-0.4, -0.2) is 37.0 Å². The first-order valence-corrected chi connectivity index (χ1v) is 7.44. The minimum Gasteiger partial charge on any atom is -0.333 e. The molecule has 2 N–H and O–H groups in total. The highest BCUT2D eigenvalue weighted by molar-refractivity contribution is 5.90. The second-order valence-electron chi connectivity index (χ2n) is 5.48. The fourth-order valence-corrected chi connectivity index (χ4v) is 2.74. The van der Waals surface area contributed by atoms with Crippen LogP contribution in [0.3, 0.4) is 0 Å². The van der Waals surface area contributed by atoms with Gasteiger partial charge in [0.2, 0.25) is 0 Å². The predicted octanol–water partition coefficient (Wildman–Crippen LogP) is 1.36. The van der Waals surface area contributed by atoms with Gasteiger partial charge in [-0.2, -0.15) is 5.10 Å². The summed E-state index contributed by atoms with van der Waals surface area (Å²) in [6, 6.07) is 9.17. The number of urea groups is 1. The van der Waals surface area contributed by atoms with E-state index in [0.29, 0.717) is 12.4 Å². The highest BCUT2D eigenvalue weighted by atomic mass is 16.2. The molecule has 3 aromatic rings. The number of rotatable bonds is 2. The molecule has 0 fully saturated rings. The number of hydrogen-bond acceptors (Lipinski definition) is 5. The number of fused-ring (bicyclic) bond motifs is 2. The normalized spacial score (nSPS) is 16.8. The van der Waals surface area contributed by atoms with Crippen molar-refractivity contribution in [3.8, 4) is 0 Å². The Balaban J connectivity index is 1.41. The van der Waals surface area contributed by atoms with E-state index in [-0.39, 0.29) is 12.1 Å². The molecular formula is C15H15N7O. The second kappa shape index (κ2) is 5.64. The Labute approximate surface area is 131 Å². The highest BCUT2D eigenvalue weighted by Crippen LogP contribution is 2.14. The summed E-state index contributed by atoms with van der Waals surface area (Å²) in [5.41, 5.74) is 0.796. The van der Waals surface area contributed by atoms with E-state index in [2.05, 4.69) is 30.9 Å². The molecule has 0 saturated heterocycles. The average Bonchev–Trinajstić information content (AvgIpc) is 3.02. The first kappa shape index (κ1) is 13.6. The maximum absolute atomic E-state index is 12.1. The van der Waals surface area contributed by atoms with Crippen molar-refractivity contribution in [1.29, 1.82) is 0 Å². The number of aromatic nitrogens is 5. The zero-order valence-electron chi connectivity index (χ0n) is 12.3. The molecule has 0 spiro atoms. The summed E-state index contributed by atoms with van der Waals surface area (Å²) in [7, 11) is 0. The topological polar surface area (TPSA) is 97.6 Å². The van der Waals surface area contributed by atoms with Gasteiger partial charge in [0.15, 0.2) is 5.82 Å². The monoisotopic (exact) mass is 309 g/mol. The van der Waals surface area contributed by atoms with Gasteiger partial charge < -0.3 is 5.32 Å². The zero-order valence-corrected chi connectivity index (χ0v) is 12.3. The molecule has 1 unspecified atom stereocenters. The van der Waals surface area contributed by atoms with Crippen LogP contribution < -0.4 is 10.6 Å². The number of carbonyl (C=O) groups excluding carboxylic acids is 1. The van der Waals surface area contributed by atoms with Gasteiger partial charge in [-0.3, -0.25) is 5.32 Å². The molecule has 0 radical (unpaired) electrons. The molecule has 3 heterocycles. The Morgan fingerprint density at radius 3 is 3.13 bits per heavy atom. The molecule has 23 heavy (non-hydrogen) atoms. The van der Waals surface area contributed by atoms with Gasteiger partial charge >= 0.3 is 6.03 Å². The van der Waals surface area contributed by atoms with Crippen LogP contribution >= 0.6 is 0 Å². The molecule has 0 bridgehead atoms. The predicted molar refractivity (Wildman–Crippen MR) is 83.8 cm³/mol. The summed E-state index contributed by atoms with van der Waals surface area (Å²) in [5, 5.41) is 18.9. The Hall–Kier alpha value is -3.03. The van der Waals surface area contributed by atoms with E-state index in [0.717, 1.165) is 29.6 Å². The SMILES string of the molecule is O=C(Nc1cc2ccccc2nn1)NC1CCc2ncnn2C1. The van der Waals surface area contributed by atoms with Crippen molar-refractivity contribution in [1.82, 2.24) is 30.3 Å². The number of benzene rings is 1. The number of nitrogens with zero attached hydrogens (tertiary/aromatic N) is 5. The van der Waals surface area contributed by atoms with Gasteiger partial charge in [0.25, 0.3) is 0 Å². The van der Waals surface area contributed by atoms with Crippen LogP contribution in [0.25, 0.3) is 10.9 Å². The van der Waals surface area contributed by atoms with Gasteiger partial charge in [-0.05, 0) is 18.6 Å². The number of carbonyl (C=O) groups is 1. The molecule has 1 atom stereocenters. The maximum Gasteiger partial charge on any atom is 0.320 e. The molecule has 2 aromatic heterocycles. The van der Waals surface area contributed by atoms with E-state index < -0.39 is 0 Å². The Morgan fingerprint density at radius 1 is 1.26 bits per heavy atom. The summed E-state index contributed by atoms with van der Waals surface area (Å²) in [5.74, 6) is 1.39. The lowest BCUT2D eigenvalue weighted by Gasteiger charge is -2.23. The summed E-state index contributed by atoms with van der Waals surface area (Å²) < 4.78 is 1.82. The Morgan fingerprint density at radius 2 is 2.17 bits per heavy atom. The van der Waals surface area contributed by atoms with Crippen LogP contribution in [0.5, 0.6) is 0 Å². The molecule has 0 saturated carbocycles. The first-order chi connectivity index (χ1) is 11.3. The summed E-state index contributed by atoms with van der Waals surface area (Å²) in [6.07, 6.45) is 3.19. The van der Waals surface area contributed by atoms with Gasteiger partial charge in [0.1, 0.15) is 12.2 Å². The fraction of sp³-hybridized carbons (Fsp3) is 0.267. The third-order valence-electron chi connectivity index (χ3n) is 3.88. The van der Waals surface area contributed by atoms with Gasteiger partial charge in [-0.1, -0.05) is 18.2 Å². The van der Waals surface area contributed by atoms with Gasteiger partial charge in [-0.25, -0.2) is 14.5 Å². The lowest BCUT2D eigenvalue weighted by molar-refractivity contribution is 0.243. The van der Waals surface area contributed by atoms with Crippen LogP contribution in [0, 0.1) is 0 Å². The number of amides is 2. The van der Waals surface area contributed by atoms with E-state index in [9.17, 15) is 4.79 Å². The van der Waals surface area contributed by atoms with Crippen LogP contribution in [0.1, 0.15) is 12.2 Å². The van der Waals surface area contributed by atoms with Crippen molar-refractivity contribution in [3.05, 3.63) is 42.5 Å². The maximum atomic E-state index is 12.1. The van der Waals surface area contributed by atoms with Crippen molar-refractivity contribution in [2.45, 2.75) is 25.4 Å². The Kier molecular flexibility index (Phi) is 3.34. The third-order valence-corrected chi connectivity index (χ3v) is 3.88. The number of anilines is 1. The minimum absolute atomic E-state index is 0.0256. The standard InChI is InChI=1S/C15H15N7O/c23-15(18-11-5-6-14-16-9-17-22(14)8-11)19-13-7-10-3-1-2-4-12(10)20-21-13/h1-4,7,9,11H,5-6,8H2,(H2,18,19,21,23). The molecule has 8 nitrogen and oxygen atoms in total. The van der Waals surface area contributed by atoms with E-state index >= 15 is 0 Å². The van der Waals surface area contributed by atoms with Crippen molar-refractivity contribution >= 4 is 22.8 Å². The van der Waals surface area contributed by atoms with E-state index in [1.54, 1.807) is 12.4 Å². The van der Waals surface area contributed by atoms with E-state index in [1.807, 2.05) is 28.9 Å². The minimum atomic E-state index is -0.289. The largest absolute Gasteiger partial charge is 0.333 e. The molecule has 1 aliphatic heterocycles. The van der Waals surface area contributed by atoms with Gasteiger partial charge in [0.05, 0.1) is 18.1 Å². The summed E-state index contributed by atoms with van der Waals surface area (Å²) >= 11 is 0. The third kappa shape index (κ3) is 2.83. The molecule has 1 aromatic carbocycles. The van der Waals surface area contributed by atoms with Crippen molar-refractivity contribution in [2.24, 2.45) is 0 Å². The van der Waals surface area contributed by atoms with E-state index in [1.165, 1.54) is 0 Å². The molecule has 0 aliphatic carbocycles. The number of aryl methyl sites for hydroxylation is 1. The van der Waals surface area contributed by atoms with Crippen LogP contribution in [0.15, 0.2) is 36.7 Å². The highest BCUT2D eigenvalue weighted by Gasteiger charge is 2.21. The van der Waals surface area contributed by atoms with Gasteiger partial charge in [0, 0.05) is 11.8 Å². The summed E-state index contributed by atoms with van der Waals surface area (Å²) in [4.78, 5) is 16.3. The molecule has 1 aliphatic rings. The van der Waals surface area contributed by atoms with Crippen molar-refractivity contribution in [2.75, 3.05) is 5.32 Å². The van der Waals surface area contributed by atoms with E-state index in [4.69, 9.17) is 0 Å². The number of hydrogen-bond donors (Lipinski definition) is 2. The van der Waals surface area contributed by atoms with Crippen molar-refractivity contribution < 1.29 is 4.79 Å². The van der Waals surface area contributed by atoms with Gasteiger partial charge in [-0.15, -0.1) is 10.2 Å². The van der Waals surface area contributed by atoms with Crippen LogP contribution in [0.2, 0.25) is 0 Å². The smallest absolute Gasteiger partial charge is 0.320 e. The summed E-state index contributed by atoms with van der Waals surface area (Å²) in [6.45, 7) is 0.631. The Bertz CT molecular complexity index is 860. The average molecular weight is 309 g/mol. The lowest BCUT2D eigenvalue weighted by atomic mass is 10.1. The second-order valence-corrected chi connectivity index (χ2v) is 5.48.